The normalized spacial score (nSPS) is 24.5. The zero-order chi connectivity index (χ0) is 21.0. The van der Waals surface area contributed by atoms with Gasteiger partial charge in [-0.3, -0.25) is 9.69 Å². The molecule has 2 aromatic rings. The van der Waals surface area contributed by atoms with Crippen LogP contribution in [0.25, 0.3) is 0 Å². The number of carbonyl (C=O) groups is 1. The van der Waals surface area contributed by atoms with Crippen LogP contribution in [0.3, 0.4) is 0 Å². The van der Waals surface area contributed by atoms with Gasteiger partial charge in [0.2, 0.25) is 0 Å². The van der Waals surface area contributed by atoms with Gasteiger partial charge in [0.25, 0.3) is 5.91 Å². The van der Waals surface area contributed by atoms with Gasteiger partial charge in [-0.25, -0.2) is 0 Å². The highest BCUT2D eigenvalue weighted by Crippen LogP contribution is 2.41. The molecule has 3 aliphatic rings. The molecule has 1 unspecified atom stereocenters. The largest absolute Gasteiger partial charge is 0.379 e. The Kier molecular flexibility index (Phi) is 6.35. The molecule has 31 heavy (non-hydrogen) atoms. The van der Waals surface area contributed by atoms with E-state index in [1.165, 1.54) is 36.9 Å². The number of ether oxygens (including phenoxy) is 1. The van der Waals surface area contributed by atoms with Crippen LogP contribution in [0.15, 0.2) is 54.6 Å². The van der Waals surface area contributed by atoms with Crippen molar-refractivity contribution in [3.63, 3.8) is 0 Å². The van der Waals surface area contributed by atoms with Crippen LogP contribution in [0.2, 0.25) is 0 Å². The molecule has 2 N–H and O–H groups in total. The highest BCUT2D eigenvalue weighted by molar-refractivity contribution is 5.94. The molecule has 5 heteroatoms. The third-order valence-corrected chi connectivity index (χ3v) is 6.88. The number of carbonyl (C=O) groups excluding carboxylic acids is 1. The van der Waals surface area contributed by atoms with E-state index in [0.29, 0.717) is 18.5 Å². The number of amides is 1. The molecule has 0 radical (unpaired) electrons. The molecule has 2 saturated carbocycles. The topological polar surface area (TPSA) is 53.6 Å². The van der Waals surface area contributed by atoms with E-state index in [2.05, 4.69) is 51.9 Å². The first-order chi connectivity index (χ1) is 15.3. The highest BCUT2D eigenvalue weighted by atomic mass is 16.5. The lowest BCUT2D eigenvalue weighted by Crippen LogP contribution is -2.43. The fourth-order valence-corrected chi connectivity index (χ4v) is 4.62. The summed E-state index contributed by atoms with van der Waals surface area (Å²) in [6.07, 6.45) is 4.01. The van der Waals surface area contributed by atoms with Crippen molar-refractivity contribution in [2.75, 3.05) is 39.4 Å². The second-order valence-corrected chi connectivity index (χ2v) is 9.21. The van der Waals surface area contributed by atoms with Gasteiger partial charge in [0.1, 0.15) is 0 Å². The van der Waals surface area contributed by atoms with Crippen LogP contribution in [0, 0.1) is 5.92 Å². The number of hydrogen-bond acceptors (Lipinski definition) is 4. The molecule has 1 saturated heterocycles. The van der Waals surface area contributed by atoms with E-state index in [4.69, 9.17) is 4.74 Å². The first-order valence-electron chi connectivity index (χ1n) is 11.8. The molecular formula is C26H33N3O2. The molecule has 3 atom stereocenters. The minimum atomic E-state index is -0.0000501. The maximum absolute atomic E-state index is 12.8. The summed E-state index contributed by atoms with van der Waals surface area (Å²) >= 11 is 0. The van der Waals surface area contributed by atoms with Crippen molar-refractivity contribution in [1.29, 1.82) is 0 Å². The van der Waals surface area contributed by atoms with E-state index < -0.39 is 0 Å². The third-order valence-electron chi connectivity index (χ3n) is 6.88. The minimum Gasteiger partial charge on any atom is -0.379 e. The average Bonchev–Trinajstić information content (AvgIpc) is 3.75. The van der Waals surface area contributed by atoms with E-state index in [1.54, 1.807) is 0 Å². The van der Waals surface area contributed by atoms with Gasteiger partial charge in [-0.2, -0.15) is 0 Å². The molecule has 3 fully saturated rings. The summed E-state index contributed by atoms with van der Waals surface area (Å²) in [5.41, 5.74) is 3.32. The average molecular weight is 420 g/mol. The first kappa shape index (κ1) is 20.7. The Bertz CT molecular complexity index is 860. The summed E-state index contributed by atoms with van der Waals surface area (Å²) in [7, 11) is 0. The molecule has 0 bridgehead atoms. The lowest BCUT2D eigenvalue weighted by molar-refractivity contribution is 0.0162. The van der Waals surface area contributed by atoms with Gasteiger partial charge in [0, 0.05) is 37.2 Å². The molecule has 1 heterocycles. The monoisotopic (exact) mass is 419 g/mol. The quantitative estimate of drug-likeness (QED) is 0.655. The summed E-state index contributed by atoms with van der Waals surface area (Å²) in [6.45, 7) is 5.05. The summed E-state index contributed by atoms with van der Waals surface area (Å²) in [5.74, 6) is 1.53. The molecule has 1 amide bonds. The van der Waals surface area contributed by atoms with Crippen LogP contribution in [0.1, 0.15) is 52.7 Å². The number of hydrogen-bond donors (Lipinski definition) is 2. The van der Waals surface area contributed by atoms with Crippen LogP contribution in [-0.4, -0.2) is 56.2 Å². The van der Waals surface area contributed by atoms with Crippen molar-refractivity contribution >= 4 is 5.91 Å². The second-order valence-electron chi connectivity index (χ2n) is 9.21. The molecule has 0 aromatic heterocycles. The molecule has 0 spiro atoms. The maximum atomic E-state index is 12.8. The Hall–Kier alpha value is -2.21. The zero-order valence-corrected chi connectivity index (χ0v) is 18.1. The van der Waals surface area contributed by atoms with E-state index in [0.717, 1.165) is 37.8 Å². The SMILES string of the molecule is O=C(NCC(c1ccccc1)N1CCOCC1)c1ccc([C@@H]2C[C@H]2NCC2CC2)cc1. The van der Waals surface area contributed by atoms with E-state index in [-0.39, 0.29) is 11.9 Å². The van der Waals surface area contributed by atoms with E-state index >= 15 is 0 Å². The lowest BCUT2D eigenvalue weighted by atomic mass is 10.0. The standard InChI is InChI=1S/C26H33N3O2/c30-26(22-10-8-20(9-11-22)23-16-24(23)27-17-19-6-7-19)28-18-25(21-4-2-1-3-5-21)29-12-14-31-15-13-29/h1-5,8-11,19,23-25,27H,6-7,12-18H2,(H,28,30)/t23-,24+,25?/m0/s1. The smallest absolute Gasteiger partial charge is 0.251 e. The fraction of sp³-hybridized carbons (Fsp3) is 0.500. The lowest BCUT2D eigenvalue weighted by Gasteiger charge is -2.35. The Morgan fingerprint density at radius 1 is 1.03 bits per heavy atom. The number of rotatable bonds is 9. The van der Waals surface area contributed by atoms with Crippen molar-refractivity contribution in [3.05, 3.63) is 71.3 Å². The van der Waals surface area contributed by atoms with Gasteiger partial charge in [0.15, 0.2) is 0 Å². The number of morpholine rings is 1. The summed E-state index contributed by atoms with van der Waals surface area (Å²) in [6, 6.07) is 19.5. The van der Waals surface area contributed by atoms with Crippen molar-refractivity contribution in [2.24, 2.45) is 5.92 Å². The second kappa shape index (κ2) is 9.51. The zero-order valence-electron chi connectivity index (χ0n) is 18.1. The fourth-order valence-electron chi connectivity index (χ4n) is 4.62. The van der Waals surface area contributed by atoms with Gasteiger partial charge < -0.3 is 15.4 Å². The Balaban J connectivity index is 1.17. The van der Waals surface area contributed by atoms with Gasteiger partial charge >= 0.3 is 0 Å². The van der Waals surface area contributed by atoms with Gasteiger partial charge in [-0.15, -0.1) is 0 Å². The summed E-state index contributed by atoms with van der Waals surface area (Å²) in [5, 5.41) is 6.86. The molecule has 5 nitrogen and oxygen atoms in total. The molecule has 164 valence electrons. The summed E-state index contributed by atoms with van der Waals surface area (Å²) in [4.78, 5) is 15.2. The predicted octanol–water partition coefficient (Wildman–Crippen LogP) is 3.35. The van der Waals surface area contributed by atoms with Gasteiger partial charge in [0.05, 0.1) is 19.3 Å². The minimum absolute atomic E-state index is 0.0000501. The highest BCUT2D eigenvalue weighted by Gasteiger charge is 2.38. The van der Waals surface area contributed by atoms with Crippen LogP contribution >= 0.6 is 0 Å². The van der Waals surface area contributed by atoms with Crippen molar-refractivity contribution in [3.8, 4) is 0 Å². The summed E-state index contributed by atoms with van der Waals surface area (Å²) < 4.78 is 5.52. The number of nitrogens with one attached hydrogen (secondary N) is 2. The molecule has 2 aromatic carbocycles. The third kappa shape index (κ3) is 5.35. The van der Waals surface area contributed by atoms with Gasteiger partial charge in [-0.05, 0) is 55.0 Å². The predicted molar refractivity (Wildman–Crippen MR) is 122 cm³/mol. The Morgan fingerprint density at radius 2 is 1.77 bits per heavy atom. The molecule has 1 aliphatic heterocycles. The van der Waals surface area contributed by atoms with Crippen LogP contribution in [0.5, 0.6) is 0 Å². The Labute approximate surface area is 185 Å². The maximum Gasteiger partial charge on any atom is 0.251 e. The van der Waals surface area contributed by atoms with Gasteiger partial charge in [-0.1, -0.05) is 42.5 Å². The Morgan fingerprint density at radius 3 is 2.48 bits per heavy atom. The molecule has 2 aliphatic carbocycles. The first-order valence-corrected chi connectivity index (χ1v) is 11.8. The van der Waals surface area contributed by atoms with Crippen LogP contribution in [0.4, 0.5) is 0 Å². The van der Waals surface area contributed by atoms with E-state index in [9.17, 15) is 4.79 Å². The van der Waals surface area contributed by atoms with Crippen molar-refractivity contribution in [2.45, 2.75) is 37.3 Å². The number of nitrogens with zero attached hydrogens (tertiary/aromatic N) is 1. The van der Waals surface area contributed by atoms with Crippen molar-refractivity contribution < 1.29 is 9.53 Å². The van der Waals surface area contributed by atoms with Crippen molar-refractivity contribution in [1.82, 2.24) is 15.5 Å². The van der Waals surface area contributed by atoms with Crippen LogP contribution in [-0.2, 0) is 4.74 Å². The molecule has 5 rings (SSSR count). The molecular weight excluding hydrogens is 386 g/mol. The number of benzene rings is 2. The van der Waals surface area contributed by atoms with E-state index in [1.807, 2.05) is 18.2 Å². The van der Waals surface area contributed by atoms with Crippen LogP contribution < -0.4 is 10.6 Å².